The van der Waals surface area contributed by atoms with Crippen molar-refractivity contribution >= 4 is 11.6 Å². The van der Waals surface area contributed by atoms with Crippen molar-refractivity contribution in [1.29, 1.82) is 0 Å². The summed E-state index contributed by atoms with van der Waals surface area (Å²) < 4.78 is 0. The Bertz CT molecular complexity index is 423. The summed E-state index contributed by atoms with van der Waals surface area (Å²) in [5, 5.41) is 3.11. The van der Waals surface area contributed by atoms with Gasteiger partial charge in [0.25, 0.3) is 0 Å². The van der Waals surface area contributed by atoms with Crippen molar-refractivity contribution < 1.29 is 4.79 Å². The monoisotopic (exact) mass is 275 g/mol. The summed E-state index contributed by atoms with van der Waals surface area (Å²) in [5.74, 6) is 0.576. The van der Waals surface area contributed by atoms with Gasteiger partial charge in [-0.3, -0.25) is 4.79 Å². The Morgan fingerprint density at radius 2 is 1.85 bits per heavy atom. The molecule has 1 amide bonds. The number of rotatable bonds is 8. The van der Waals surface area contributed by atoms with Crippen LogP contribution in [-0.4, -0.2) is 5.91 Å². The van der Waals surface area contributed by atoms with Crippen molar-refractivity contribution in [3.05, 3.63) is 29.3 Å². The molecule has 0 saturated carbocycles. The van der Waals surface area contributed by atoms with Gasteiger partial charge in [-0.2, -0.15) is 0 Å². The molecule has 0 aliphatic heterocycles. The fourth-order valence-electron chi connectivity index (χ4n) is 2.43. The summed E-state index contributed by atoms with van der Waals surface area (Å²) in [6, 6.07) is 6.22. The molecule has 0 spiro atoms. The molecular formula is C18H29NO. The van der Waals surface area contributed by atoms with Crippen molar-refractivity contribution in [3.8, 4) is 0 Å². The molecule has 0 aliphatic carbocycles. The van der Waals surface area contributed by atoms with E-state index in [0.29, 0.717) is 12.3 Å². The Labute approximate surface area is 124 Å². The third-order valence-corrected chi connectivity index (χ3v) is 3.70. The molecule has 2 heteroatoms. The Kier molecular flexibility index (Phi) is 7.35. The lowest BCUT2D eigenvalue weighted by Crippen LogP contribution is -2.14. The maximum absolute atomic E-state index is 12.1. The summed E-state index contributed by atoms with van der Waals surface area (Å²) >= 11 is 0. The fraction of sp³-hybridized carbons (Fsp3) is 0.611. The number of benzene rings is 1. The van der Waals surface area contributed by atoms with Gasteiger partial charge in [0.05, 0.1) is 0 Å². The van der Waals surface area contributed by atoms with E-state index in [-0.39, 0.29) is 5.91 Å². The number of hydrogen-bond acceptors (Lipinski definition) is 1. The third kappa shape index (κ3) is 5.36. The van der Waals surface area contributed by atoms with Crippen LogP contribution in [0.15, 0.2) is 18.2 Å². The van der Waals surface area contributed by atoms with Gasteiger partial charge in [-0.1, -0.05) is 64.7 Å². The Balaban J connectivity index is 2.53. The summed E-state index contributed by atoms with van der Waals surface area (Å²) in [6.07, 6.45) is 6.55. The predicted molar refractivity (Wildman–Crippen MR) is 87.3 cm³/mol. The molecule has 0 aliphatic rings. The van der Waals surface area contributed by atoms with E-state index in [9.17, 15) is 4.79 Å². The van der Waals surface area contributed by atoms with Crippen LogP contribution < -0.4 is 5.32 Å². The molecule has 112 valence electrons. The first-order chi connectivity index (χ1) is 9.56. The van der Waals surface area contributed by atoms with Gasteiger partial charge in [-0.15, -0.1) is 0 Å². The highest BCUT2D eigenvalue weighted by Crippen LogP contribution is 2.27. The van der Waals surface area contributed by atoms with Crippen LogP contribution in [0, 0.1) is 6.92 Å². The highest BCUT2D eigenvalue weighted by molar-refractivity contribution is 5.92. The molecule has 1 aromatic rings. The van der Waals surface area contributed by atoms with E-state index in [1.165, 1.54) is 24.8 Å². The van der Waals surface area contributed by atoms with Gasteiger partial charge in [0.2, 0.25) is 5.91 Å². The summed E-state index contributed by atoms with van der Waals surface area (Å²) in [5.41, 5.74) is 3.39. The molecule has 0 saturated heterocycles. The zero-order valence-electron chi connectivity index (χ0n) is 13.5. The second kappa shape index (κ2) is 8.78. The van der Waals surface area contributed by atoms with Crippen molar-refractivity contribution in [2.45, 2.75) is 72.1 Å². The van der Waals surface area contributed by atoms with Crippen LogP contribution in [-0.2, 0) is 4.79 Å². The van der Waals surface area contributed by atoms with E-state index in [4.69, 9.17) is 0 Å². The van der Waals surface area contributed by atoms with Gasteiger partial charge in [-0.05, 0) is 30.4 Å². The van der Waals surface area contributed by atoms with Crippen LogP contribution in [0.1, 0.15) is 76.3 Å². The minimum atomic E-state index is 0.151. The number of anilines is 1. The van der Waals surface area contributed by atoms with Crippen molar-refractivity contribution in [3.63, 3.8) is 0 Å². The highest BCUT2D eigenvalue weighted by atomic mass is 16.1. The number of unbranched alkanes of at least 4 members (excludes halogenated alkanes) is 4. The van der Waals surface area contributed by atoms with Gasteiger partial charge >= 0.3 is 0 Å². The second-order valence-electron chi connectivity index (χ2n) is 5.91. The lowest BCUT2D eigenvalue weighted by atomic mass is 9.98. The zero-order valence-corrected chi connectivity index (χ0v) is 13.5. The molecule has 0 atom stereocenters. The van der Waals surface area contributed by atoms with Crippen LogP contribution >= 0.6 is 0 Å². The molecule has 1 aromatic carbocycles. The molecule has 2 nitrogen and oxygen atoms in total. The summed E-state index contributed by atoms with van der Waals surface area (Å²) in [6.45, 7) is 8.59. The first-order valence-electron chi connectivity index (χ1n) is 7.95. The fourth-order valence-corrected chi connectivity index (χ4v) is 2.43. The highest BCUT2D eigenvalue weighted by Gasteiger charge is 2.11. The lowest BCUT2D eigenvalue weighted by Gasteiger charge is -2.16. The van der Waals surface area contributed by atoms with Gasteiger partial charge in [0.1, 0.15) is 0 Å². The zero-order chi connectivity index (χ0) is 15.0. The Hall–Kier alpha value is -1.31. The van der Waals surface area contributed by atoms with Gasteiger partial charge in [-0.25, -0.2) is 0 Å². The van der Waals surface area contributed by atoms with Gasteiger partial charge in [0, 0.05) is 12.1 Å². The predicted octanol–water partition coefficient (Wildman–Crippen LogP) is 5.42. The van der Waals surface area contributed by atoms with E-state index in [1.807, 2.05) is 0 Å². The summed E-state index contributed by atoms with van der Waals surface area (Å²) in [4.78, 5) is 12.1. The first kappa shape index (κ1) is 16.7. The van der Waals surface area contributed by atoms with E-state index in [0.717, 1.165) is 24.1 Å². The van der Waals surface area contributed by atoms with E-state index in [2.05, 4.69) is 51.2 Å². The number of amides is 1. The topological polar surface area (TPSA) is 29.1 Å². The second-order valence-corrected chi connectivity index (χ2v) is 5.91. The summed E-state index contributed by atoms with van der Waals surface area (Å²) in [7, 11) is 0. The van der Waals surface area contributed by atoms with Crippen LogP contribution in [0.25, 0.3) is 0 Å². The maximum atomic E-state index is 12.1. The molecule has 0 bridgehead atoms. The maximum Gasteiger partial charge on any atom is 0.224 e. The number of para-hydroxylation sites is 1. The molecule has 20 heavy (non-hydrogen) atoms. The van der Waals surface area contributed by atoms with Gasteiger partial charge in [0.15, 0.2) is 0 Å². The molecule has 0 unspecified atom stereocenters. The lowest BCUT2D eigenvalue weighted by molar-refractivity contribution is -0.116. The van der Waals surface area contributed by atoms with E-state index < -0.39 is 0 Å². The minimum absolute atomic E-state index is 0.151. The van der Waals surface area contributed by atoms with Crippen LogP contribution in [0.4, 0.5) is 5.69 Å². The standard InChI is InChI=1S/C18H29NO/c1-5-6-7-8-9-13-17(20)19-18-15(4)11-10-12-16(18)14(2)3/h10-12,14H,5-9,13H2,1-4H3,(H,19,20). The molecule has 0 fully saturated rings. The Morgan fingerprint density at radius 3 is 2.50 bits per heavy atom. The molecule has 1 rings (SSSR count). The molecule has 1 N–H and O–H groups in total. The molecular weight excluding hydrogens is 246 g/mol. The number of nitrogens with one attached hydrogen (secondary N) is 1. The first-order valence-corrected chi connectivity index (χ1v) is 7.95. The average Bonchev–Trinajstić information content (AvgIpc) is 2.40. The van der Waals surface area contributed by atoms with Crippen LogP contribution in [0.5, 0.6) is 0 Å². The molecule has 0 heterocycles. The number of carbonyl (C=O) groups excluding carboxylic acids is 1. The van der Waals surface area contributed by atoms with Crippen molar-refractivity contribution in [2.75, 3.05) is 5.32 Å². The van der Waals surface area contributed by atoms with Crippen LogP contribution in [0.3, 0.4) is 0 Å². The SMILES string of the molecule is CCCCCCCC(=O)Nc1c(C)cccc1C(C)C. The Morgan fingerprint density at radius 1 is 1.15 bits per heavy atom. The number of hydrogen-bond donors (Lipinski definition) is 1. The largest absolute Gasteiger partial charge is 0.326 e. The quantitative estimate of drug-likeness (QED) is 0.631. The third-order valence-electron chi connectivity index (χ3n) is 3.70. The smallest absolute Gasteiger partial charge is 0.224 e. The van der Waals surface area contributed by atoms with Crippen molar-refractivity contribution in [1.82, 2.24) is 0 Å². The van der Waals surface area contributed by atoms with Crippen LogP contribution in [0.2, 0.25) is 0 Å². The van der Waals surface area contributed by atoms with E-state index in [1.54, 1.807) is 0 Å². The normalized spacial score (nSPS) is 10.8. The average molecular weight is 275 g/mol. The van der Waals surface area contributed by atoms with E-state index >= 15 is 0 Å². The van der Waals surface area contributed by atoms with Gasteiger partial charge < -0.3 is 5.32 Å². The number of aryl methyl sites for hydroxylation is 1. The van der Waals surface area contributed by atoms with Crippen molar-refractivity contribution in [2.24, 2.45) is 0 Å². The minimum Gasteiger partial charge on any atom is -0.326 e. The molecule has 0 aromatic heterocycles. The number of carbonyl (C=O) groups is 1. The molecule has 0 radical (unpaired) electrons.